The Morgan fingerprint density at radius 2 is 1.00 bits per heavy atom. The van der Waals surface area contributed by atoms with Crippen LogP contribution < -0.4 is 0 Å². The molecule has 0 unspecified atom stereocenters. The van der Waals surface area contributed by atoms with Crippen LogP contribution in [0.5, 0.6) is 0 Å². The fraction of sp³-hybridized carbons (Fsp3) is 1.00. The van der Waals surface area contributed by atoms with Gasteiger partial charge in [-0.25, -0.2) is 0 Å². The van der Waals surface area contributed by atoms with Gasteiger partial charge in [0, 0.05) is 0 Å². The molecule has 14 heteroatoms. The quantitative estimate of drug-likeness (QED) is 0.373. The van der Waals surface area contributed by atoms with Gasteiger partial charge in [-0.3, -0.25) is 0 Å². The molecular weight excluding hydrogens is 439 g/mol. The van der Waals surface area contributed by atoms with E-state index in [4.69, 9.17) is 0 Å². The van der Waals surface area contributed by atoms with Crippen LogP contribution in [0.2, 0.25) is 0 Å². The average Bonchev–Trinajstić information content (AvgIpc) is 2.09. The van der Waals surface area contributed by atoms with Gasteiger partial charge in [-0.15, -0.1) is 0 Å². The molecule has 0 atom stereocenters. The first-order chi connectivity index (χ1) is 8.28. The minimum atomic E-state index is -13.0. The summed E-state index contributed by atoms with van der Waals surface area (Å²) >= 11 is -13.0. The Labute approximate surface area is 104 Å². The molecule has 0 aliphatic carbocycles. The van der Waals surface area contributed by atoms with E-state index in [0.29, 0.717) is 14.1 Å². The normalized spacial score (nSPS) is 18.9. The van der Waals surface area contributed by atoms with Gasteiger partial charge in [0.25, 0.3) is 0 Å². The van der Waals surface area contributed by atoms with Gasteiger partial charge in [0.05, 0.1) is 0 Å². The summed E-state index contributed by atoms with van der Waals surface area (Å²) in [5.74, 6) is 0. The molecule has 0 radical (unpaired) electrons. The van der Waals surface area contributed by atoms with Crippen molar-refractivity contribution in [1.29, 1.82) is 0 Å². The van der Waals surface area contributed by atoms with Crippen LogP contribution in [0.1, 0.15) is 0 Å². The summed E-state index contributed by atoms with van der Waals surface area (Å²) in [7, 11) is 1.31. The molecule has 0 heterocycles. The van der Waals surface area contributed by atoms with Gasteiger partial charge in [-0.1, -0.05) is 0 Å². The summed E-state index contributed by atoms with van der Waals surface area (Å²) in [4.78, 5) is 0.173. The summed E-state index contributed by atoms with van der Waals surface area (Å²) in [6.07, 6.45) is 0. The second-order valence-corrected chi connectivity index (χ2v) is 15.4. The first kappa shape index (κ1) is 19.9. The SMILES string of the molecule is CN(C)CO[Te](F)(F)(C(F)(F)F)(C(F)(F)F)C(F)(F)F. The van der Waals surface area contributed by atoms with Gasteiger partial charge in [0.15, 0.2) is 0 Å². The van der Waals surface area contributed by atoms with Gasteiger partial charge in [0.2, 0.25) is 0 Å². The molecule has 0 aliphatic rings. The molecule has 0 rings (SSSR count). The van der Waals surface area contributed by atoms with Gasteiger partial charge in [0.1, 0.15) is 0 Å². The molecule has 20 heavy (non-hydrogen) atoms. The maximum absolute atomic E-state index is 13.6. The zero-order valence-electron chi connectivity index (χ0n) is 9.63. The van der Waals surface area contributed by atoms with Crippen LogP contribution in [-0.4, -0.2) is 55.4 Å². The Bertz CT molecular complexity index is 346. The Balaban J connectivity index is 6.74. The zero-order chi connectivity index (χ0) is 16.9. The third-order valence-electron chi connectivity index (χ3n) is 2.08. The molecule has 0 aromatic rings. The first-order valence-corrected chi connectivity index (χ1v) is 10.5. The molecule has 0 aliphatic heterocycles. The van der Waals surface area contributed by atoms with E-state index in [1.807, 2.05) is 0 Å². The molecule has 0 N–H and O–H groups in total. The van der Waals surface area contributed by atoms with Gasteiger partial charge in [-0.05, 0) is 0 Å². The Morgan fingerprint density at radius 1 is 0.750 bits per heavy atom. The zero-order valence-corrected chi connectivity index (χ0v) is 12.0. The van der Waals surface area contributed by atoms with Gasteiger partial charge < -0.3 is 0 Å². The minimum absolute atomic E-state index is 0.173. The first-order valence-electron chi connectivity index (χ1n) is 4.29. The molecular formula is C6H8F11NOTe. The second-order valence-electron chi connectivity index (χ2n) is 3.87. The maximum atomic E-state index is 13.6. The number of hydrogen-bond acceptors (Lipinski definition) is 2. The van der Waals surface area contributed by atoms with Crippen LogP contribution in [0.3, 0.4) is 0 Å². The fourth-order valence-corrected chi connectivity index (χ4v) is 5.49. The monoisotopic (exact) mass is 449 g/mol. The summed E-state index contributed by atoms with van der Waals surface area (Å²) in [6.45, 7) is -2.21. The standard InChI is InChI=1S/C6H8F11NOTe/c1-18(2)3-19-20(16,17,4(7,8)9,5(10,11)12)6(13,14)15/h3H2,1-2H3. The number of nitrogens with zero attached hydrogens (tertiary/aromatic N) is 1. The summed E-state index contributed by atoms with van der Waals surface area (Å²) in [6, 6.07) is 0. The van der Waals surface area contributed by atoms with Gasteiger partial charge in [-0.2, -0.15) is 0 Å². The van der Waals surface area contributed by atoms with Crippen molar-refractivity contribution in [2.24, 2.45) is 0 Å². The van der Waals surface area contributed by atoms with Crippen molar-refractivity contribution in [2.75, 3.05) is 20.8 Å². The average molecular weight is 447 g/mol. The van der Waals surface area contributed by atoms with E-state index in [-0.39, 0.29) is 4.90 Å². The van der Waals surface area contributed by atoms with Crippen molar-refractivity contribution in [3.63, 3.8) is 0 Å². The van der Waals surface area contributed by atoms with Crippen molar-refractivity contribution < 1.29 is 48.4 Å². The van der Waals surface area contributed by atoms with Crippen molar-refractivity contribution in [1.82, 2.24) is 4.90 Å². The predicted molar refractivity (Wildman–Crippen MR) is 45.8 cm³/mol. The topological polar surface area (TPSA) is 12.5 Å². The number of hydrogen-bond donors (Lipinski definition) is 0. The molecule has 0 aromatic heterocycles. The Hall–Kier alpha value is -0.0604. The Kier molecular flexibility index (Phi) is 4.22. The molecule has 0 fully saturated rings. The molecule has 0 amide bonds. The molecule has 0 saturated carbocycles. The summed E-state index contributed by atoms with van der Waals surface area (Å²) in [5, 5.41) is 0. The van der Waals surface area contributed by atoms with Crippen molar-refractivity contribution in [2.45, 2.75) is 12.7 Å². The summed E-state index contributed by atoms with van der Waals surface area (Å²) in [5.41, 5.74) is 0. The van der Waals surface area contributed by atoms with Crippen molar-refractivity contribution in [3.8, 4) is 0 Å². The molecule has 126 valence electrons. The van der Waals surface area contributed by atoms with E-state index in [9.17, 15) is 45.3 Å². The fourth-order valence-electron chi connectivity index (χ4n) is 0.818. The Morgan fingerprint density at radius 3 is 1.15 bits per heavy atom. The molecule has 2 nitrogen and oxygen atoms in total. The van der Waals surface area contributed by atoms with Crippen molar-refractivity contribution in [3.05, 3.63) is 0 Å². The van der Waals surface area contributed by atoms with E-state index in [0.717, 1.165) is 0 Å². The van der Waals surface area contributed by atoms with E-state index in [2.05, 4.69) is 3.10 Å². The molecule has 0 aromatic carbocycles. The van der Waals surface area contributed by atoms with Crippen LogP contribution in [0, 0.1) is 0 Å². The van der Waals surface area contributed by atoms with Gasteiger partial charge >= 0.3 is 104 Å². The van der Waals surface area contributed by atoms with Crippen LogP contribution in [0.15, 0.2) is 0 Å². The van der Waals surface area contributed by atoms with Crippen LogP contribution in [0.25, 0.3) is 0 Å². The van der Waals surface area contributed by atoms with E-state index in [1.165, 1.54) is 0 Å². The molecule has 0 bridgehead atoms. The van der Waals surface area contributed by atoms with E-state index < -0.39 is 36.4 Å². The van der Waals surface area contributed by atoms with E-state index >= 15 is 0 Å². The molecule has 0 spiro atoms. The second kappa shape index (κ2) is 4.23. The van der Waals surface area contributed by atoms with Crippen LogP contribution in [-0.2, 0) is 3.10 Å². The van der Waals surface area contributed by atoms with Crippen LogP contribution in [0.4, 0.5) is 45.3 Å². The van der Waals surface area contributed by atoms with E-state index in [1.54, 1.807) is 0 Å². The van der Waals surface area contributed by atoms with Crippen LogP contribution >= 0.6 is 0 Å². The third kappa shape index (κ3) is 1.84. The predicted octanol–water partition coefficient (Wildman–Crippen LogP) is 3.61. The number of alkyl halides is 9. The third-order valence-corrected chi connectivity index (χ3v) is 12.5. The summed E-state index contributed by atoms with van der Waals surface area (Å²) < 4.78 is 117. The van der Waals surface area contributed by atoms with Crippen molar-refractivity contribution >= 4 is 17.0 Å². The number of halogens is 11. The molecule has 0 saturated heterocycles. The number of rotatable bonds is 3.